The quantitative estimate of drug-likeness (QED) is 0.581. The minimum Gasteiger partial charge on any atom is -0.354 e. The molecule has 8 heteroatoms. The molecule has 1 saturated heterocycles. The fraction of sp³-hybridized carbons (Fsp3) is 0.600. The first-order chi connectivity index (χ1) is 11.3. The van der Waals surface area contributed by atoms with E-state index in [1.165, 1.54) is 0 Å². The van der Waals surface area contributed by atoms with Crippen LogP contribution in [-0.4, -0.2) is 68.8 Å². The molecular weight excluding hydrogens is 310 g/mol. The van der Waals surface area contributed by atoms with Crippen molar-refractivity contribution in [3.8, 4) is 0 Å². The molecule has 0 N–H and O–H groups in total. The summed E-state index contributed by atoms with van der Waals surface area (Å²) in [4.78, 5) is 15.8. The van der Waals surface area contributed by atoms with Gasteiger partial charge in [-0.05, 0) is 12.7 Å². The van der Waals surface area contributed by atoms with Crippen molar-refractivity contribution in [1.29, 1.82) is 0 Å². The molecule has 2 aromatic rings. The highest BCUT2D eigenvalue weighted by Gasteiger charge is 2.19. The molecule has 0 radical (unpaired) electrons. The third kappa shape index (κ3) is 4.20. The zero-order valence-corrected chi connectivity index (χ0v) is 14.5. The Morgan fingerprint density at radius 3 is 2.43 bits per heavy atom. The molecule has 0 amide bonds. The van der Waals surface area contributed by atoms with Crippen LogP contribution in [0.15, 0.2) is 23.6 Å². The number of thioether (sulfide) groups is 1. The van der Waals surface area contributed by atoms with Gasteiger partial charge >= 0.3 is 0 Å². The van der Waals surface area contributed by atoms with Gasteiger partial charge in [-0.1, -0.05) is 18.7 Å². The predicted octanol–water partition coefficient (Wildman–Crippen LogP) is 1.17. The maximum atomic E-state index is 4.67. The molecular formula is C15H23N7S. The van der Waals surface area contributed by atoms with Crippen LogP contribution in [0.4, 0.5) is 5.82 Å². The minimum absolute atomic E-state index is 0.844. The minimum atomic E-state index is 0.844. The number of aryl methyl sites for hydroxylation is 1. The van der Waals surface area contributed by atoms with Crippen molar-refractivity contribution < 1.29 is 0 Å². The van der Waals surface area contributed by atoms with Crippen LogP contribution in [0.1, 0.15) is 12.6 Å². The fourth-order valence-electron chi connectivity index (χ4n) is 2.68. The normalized spacial score (nSPS) is 16.0. The van der Waals surface area contributed by atoms with Crippen LogP contribution in [0.25, 0.3) is 0 Å². The van der Waals surface area contributed by atoms with Gasteiger partial charge in [-0.2, -0.15) is 15.0 Å². The first-order valence-electron chi connectivity index (χ1n) is 8.02. The summed E-state index contributed by atoms with van der Waals surface area (Å²) in [5, 5.41) is 9.17. The van der Waals surface area contributed by atoms with Gasteiger partial charge in [0.15, 0.2) is 5.16 Å². The summed E-state index contributed by atoms with van der Waals surface area (Å²) in [5.74, 6) is 1.06. The van der Waals surface area contributed by atoms with Crippen molar-refractivity contribution in [2.24, 2.45) is 0 Å². The lowest BCUT2D eigenvalue weighted by molar-refractivity contribution is 0.239. The molecule has 3 heterocycles. The predicted molar refractivity (Wildman–Crippen MR) is 91.9 cm³/mol. The second-order valence-corrected chi connectivity index (χ2v) is 6.28. The smallest absolute Gasteiger partial charge is 0.189 e. The average molecular weight is 333 g/mol. The van der Waals surface area contributed by atoms with E-state index in [4.69, 9.17) is 0 Å². The van der Waals surface area contributed by atoms with E-state index < -0.39 is 0 Å². The van der Waals surface area contributed by atoms with Crippen molar-refractivity contribution in [2.45, 2.75) is 25.0 Å². The summed E-state index contributed by atoms with van der Waals surface area (Å²) in [6.45, 7) is 8.06. The van der Waals surface area contributed by atoms with Crippen LogP contribution in [0.3, 0.4) is 0 Å². The molecule has 0 atom stereocenters. The molecule has 0 bridgehead atoms. The highest BCUT2D eigenvalue weighted by atomic mass is 32.2. The van der Waals surface area contributed by atoms with Gasteiger partial charge < -0.3 is 4.90 Å². The number of hydrogen-bond acceptors (Lipinski definition) is 7. The number of nitrogens with zero attached hydrogens (tertiary/aromatic N) is 7. The summed E-state index contributed by atoms with van der Waals surface area (Å²) in [6.07, 6.45) is 6.42. The van der Waals surface area contributed by atoms with Gasteiger partial charge in [-0.15, -0.1) is 0 Å². The maximum Gasteiger partial charge on any atom is 0.189 e. The summed E-state index contributed by atoms with van der Waals surface area (Å²) in [5.41, 5.74) is 1.12. The number of hydrogen-bond donors (Lipinski definition) is 0. The van der Waals surface area contributed by atoms with E-state index in [2.05, 4.69) is 43.0 Å². The number of piperazine rings is 1. The van der Waals surface area contributed by atoms with Gasteiger partial charge in [0, 0.05) is 44.5 Å². The fourth-order valence-corrected chi connectivity index (χ4v) is 3.08. The highest BCUT2D eigenvalue weighted by molar-refractivity contribution is 7.98. The Kier molecular flexibility index (Phi) is 5.45. The van der Waals surface area contributed by atoms with Crippen molar-refractivity contribution in [3.05, 3.63) is 24.2 Å². The molecule has 124 valence electrons. The number of aromatic nitrogens is 5. The van der Waals surface area contributed by atoms with Crippen LogP contribution in [0.5, 0.6) is 0 Å². The zero-order chi connectivity index (χ0) is 16.1. The summed E-state index contributed by atoms with van der Waals surface area (Å²) in [6, 6.07) is 2.13. The van der Waals surface area contributed by atoms with Crippen molar-refractivity contribution in [2.75, 3.05) is 43.9 Å². The molecule has 0 aliphatic carbocycles. The summed E-state index contributed by atoms with van der Waals surface area (Å²) >= 11 is 1.61. The van der Waals surface area contributed by atoms with Crippen molar-refractivity contribution in [3.63, 3.8) is 0 Å². The van der Waals surface area contributed by atoms with Gasteiger partial charge in [-0.3, -0.25) is 4.90 Å². The average Bonchev–Trinajstić information content (AvgIpc) is 3.13. The zero-order valence-electron chi connectivity index (χ0n) is 13.7. The highest BCUT2D eigenvalue weighted by Crippen LogP contribution is 2.19. The van der Waals surface area contributed by atoms with E-state index in [9.17, 15) is 0 Å². The standard InChI is InChI=1S/C15H23N7S/c1-3-13-12-14(19-15(18-13)23-2)21-9-6-20(7-10-21)8-11-22-16-4-5-17-22/h4-5,12H,3,6-11H2,1-2H3. The molecule has 1 fully saturated rings. The maximum absolute atomic E-state index is 4.67. The Labute approximate surface area is 141 Å². The topological polar surface area (TPSA) is 63.0 Å². The monoisotopic (exact) mass is 333 g/mol. The van der Waals surface area contributed by atoms with Gasteiger partial charge in [-0.25, -0.2) is 9.97 Å². The lowest BCUT2D eigenvalue weighted by Gasteiger charge is -2.35. The Hall–Kier alpha value is -1.67. The Balaban J connectivity index is 1.56. The number of anilines is 1. The van der Waals surface area contributed by atoms with Gasteiger partial charge in [0.25, 0.3) is 0 Å². The molecule has 0 spiro atoms. The Bertz CT molecular complexity index is 586. The summed E-state index contributed by atoms with van der Waals surface area (Å²) < 4.78 is 0. The largest absolute Gasteiger partial charge is 0.354 e. The molecule has 0 aromatic carbocycles. The first kappa shape index (κ1) is 16.2. The second kappa shape index (κ2) is 7.74. The van der Waals surface area contributed by atoms with E-state index in [1.54, 1.807) is 29.0 Å². The SMILES string of the molecule is CCc1cc(N2CCN(CCn3nccn3)CC2)nc(SC)n1. The third-order valence-corrected chi connectivity index (χ3v) is 4.62. The molecule has 2 aromatic heterocycles. The number of rotatable bonds is 6. The van der Waals surface area contributed by atoms with Gasteiger partial charge in [0.1, 0.15) is 5.82 Å². The van der Waals surface area contributed by atoms with E-state index in [-0.39, 0.29) is 0 Å². The van der Waals surface area contributed by atoms with Gasteiger partial charge in [0.05, 0.1) is 18.9 Å². The Morgan fingerprint density at radius 2 is 1.78 bits per heavy atom. The molecule has 7 nitrogen and oxygen atoms in total. The van der Waals surface area contributed by atoms with Crippen LogP contribution in [0.2, 0.25) is 0 Å². The molecule has 23 heavy (non-hydrogen) atoms. The molecule has 1 aliphatic heterocycles. The van der Waals surface area contributed by atoms with Crippen LogP contribution in [0, 0.1) is 0 Å². The molecule has 0 unspecified atom stereocenters. The molecule has 1 aliphatic rings. The van der Waals surface area contributed by atoms with E-state index in [0.29, 0.717) is 0 Å². The summed E-state index contributed by atoms with van der Waals surface area (Å²) in [7, 11) is 0. The van der Waals surface area contributed by atoms with Crippen LogP contribution in [-0.2, 0) is 13.0 Å². The lowest BCUT2D eigenvalue weighted by atomic mass is 10.2. The van der Waals surface area contributed by atoms with Crippen molar-refractivity contribution in [1.82, 2.24) is 29.9 Å². The Morgan fingerprint density at radius 1 is 1.04 bits per heavy atom. The van der Waals surface area contributed by atoms with Gasteiger partial charge in [0.2, 0.25) is 0 Å². The third-order valence-electron chi connectivity index (χ3n) is 4.07. The molecule has 0 saturated carbocycles. The lowest BCUT2D eigenvalue weighted by Crippen LogP contribution is -2.47. The molecule has 3 rings (SSSR count). The van der Waals surface area contributed by atoms with E-state index >= 15 is 0 Å². The van der Waals surface area contributed by atoms with Crippen molar-refractivity contribution >= 4 is 17.6 Å². The van der Waals surface area contributed by atoms with E-state index in [1.807, 2.05) is 6.26 Å². The van der Waals surface area contributed by atoms with Crippen LogP contribution >= 0.6 is 11.8 Å². The first-order valence-corrected chi connectivity index (χ1v) is 9.24. The van der Waals surface area contributed by atoms with E-state index in [0.717, 1.165) is 62.4 Å². The second-order valence-electron chi connectivity index (χ2n) is 5.51. The van der Waals surface area contributed by atoms with Crippen LogP contribution < -0.4 is 4.90 Å².